The van der Waals surface area contributed by atoms with Gasteiger partial charge < -0.3 is 10.6 Å². The molecule has 0 saturated heterocycles. The van der Waals surface area contributed by atoms with E-state index in [0.717, 1.165) is 25.7 Å². The van der Waals surface area contributed by atoms with Crippen LogP contribution in [0.5, 0.6) is 0 Å². The maximum absolute atomic E-state index is 3.64. The van der Waals surface area contributed by atoms with E-state index in [9.17, 15) is 0 Å². The molecule has 2 N–H and O–H groups in total. The Hall–Kier alpha value is -0.340. The van der Waals surface area contributed by atoms with Crippen molar-refractivity contribution in [2.24, 2.45) is 0 Å². The van der Waals surface area contributed by atoms with Gasteiger partial charge in [0.15, 0.2) is 0 Å². The molecule has 0 unspecified atom stereocenters. The standard InChI is InChI=1S/C9H18N2/c1-2-6-10-7-8-11-9-4-3-5-9/h2,9-11H,1,3-8H2. The van der Waals surface area contributed by atoms with Crippen LogP contribution in [0.15, 0.2) is 12.7 Å². The summed E-state index contributed by atoms with van der Waals surface area (Å²) in [6, 6.07) is 0.820. The average Bonchev–Trinajstić information content (AvgIpc) is 1.93. The summed E-state index contributed by atoms with van der Waals surface area (Å²) in [5, 5.41) is 6.74. The van der Waals surface area contributed by atoms with E-state index < -0.39 is 0 Å². The first-order valence-electron chi connectivity index (χ1n) is 4.48. The van der Waals surface area contributed by atoms with Gasteiger partial charge in [-0.25, -0.2) is 0 Å². The van der Waals surface area contributed by atoms with Crippen molar-refractivity contribution < 1.29 is 0 Å². The van der Waals surface area contributed by atoms with Crippen molar-refractivity contribution in [1.82, 2.24) is 10.6 Å². The first-order chi connectivity index (χ1) is 5.43. The minimum Gasteiger partial charge on any atom is -0.313 e. The first-order valence-corrected chi connectivity index (χ1v) is 4.48. The first kappa shape index (κ1) is 8.75. The van der Waals surface area contributed by atoms with E-state index in [4.69, 9.17) is 0 Å². The molecule has 0 aromatic carbocycles. The zero-order valence-corrected chi connectivity index (χ0v) is 7.10. The van der Waals surface area contributed by atoms with Crippen LogP contribution in [0.25, 0.3) is 0 Å². The van der Waals surface area contributed by atoms with Crippen LogP contribution in [0.3, 0.4) is 0 Å². The Morgan fingerprint density at radius 2 is 2.18 bits per heavy atom. The molecule has 0 bridgehead atoms. The third kappa shape index (κ3) is 3.54. The van der Waals surface area contributed by atoms with Gasteiger partial charge in [0.25, 0.3) is 0 Å². The van der Waals surface area contributed by atoms with E-state index in [1.165, 1.54) is 19.3 Å². The van der Waals surface area contributed by atoms with Crippen molar-refractivity contribution in [3.63, 3.8) is 0 Å². The van der Waals surface area contributed by atoms with Gasteiger partial charge in [-0.15, -0.1) is 6.58 Å². The van der Waals surface area contributed by atoms with Crippen LogP contribution >= 0.6 is 0 Å². The fraction of sp³-hybridized carbons (Fsp3) is 0.778. The molecule has 0 aromatic rings. The Bertz CT molecular complexity index is 108. The number of rotatable bonds is 6. The van der Waals surface area contributed by atoms with Crippen LogP contribution < -0.4 is 10.6 Å². The zero-order chi connectivity index (χ0) is 7.94. The molecule has 1 aliphatic carbocycles. The van der Waals surface area contributed by atoms with Gasteiger partial charge in [0, 0.05) is 25.7 Å². The molecule has 0 spiro atoms. The van der Waals surface area contributed by atoms with Gasteiger partial charge in [-0.05, 0) is 12.8 Å². The molecule has 0 heterocycles. The van der Waals surface area contributed by atoms with E-state index in [0.29, 0.717) is 0 Å². The van der Waals surface area contributed by atoms with E-state index in [1.807, 2.05) is 6.08 Å². The minimum atomic E-state index is 0.820. The normalized spacial score (nSPS) is 17.8. The topological polar surface area (TPSA) is 24.1 Å². The second-order valence-corrected chi connectivity index (χ2v) is 3.07. The highest BCUT2D eigenvalue weighted by molar-refractivity contribution is 4.76. The van der Waals surface area contributed by atoms with Crippen molar-refractivity contribution >= 4 is 0 Å². The van der Waals surface area contributed by atoms with Crippen molar-refractivity contribution in [1.29, 1.82) is 0 Å². The van der Waals surface area contributed by atoms with Gasteiger partial charge in [-0.3, -0.25) is 0 Å². The third-order valence-corrected chi connectivity index (χ3v) is 2.13. The predicted molar refractivity (Wildman–Crippen MR) is 48.7 cm³/mol. The highest BCUT2D eigenvalue weighted by Gasteiger charge is 2.15. The SMILES string of the molecule is C=CCNCCNC1CCC1. The largest absolute Gasteiger partial charge is 0.313 e. The average molecular weight is 154 g/mol. The Morgan fingerprint density at radius 1 is 1.36 bits per heavy atom. The lowest BCUT2D eigenvalue weighted by molar-refractivity contribution is 0.340. The maximum Gasteiger partial charge on any atom is 0.0132 e. The summed E-state index contributed by atoms with van der Waals surface area (Å²) >= 11 is 0. The lowest BCUT2D eigenvalue weighted by atomic mass is 9.93. The van der Waals surface area contributed by atoms with Crippen LogP contribution in [-0.4, -0.2) is 25.7 Å². The van der Waals surface area contributed by atoms with Gasteiger partial charge >= 0.3 is 0 Å². The molecule has 2 nitrogen and oxygen atoms in total. The Balaban J connectivity index is 1.76. The van der Waals surface area contributed by atoms with Gasteiger partial charge in [-0.1, -0.05) is 12.5 Å². The lowest BCUT2D eigenvalue weighted by Gasteiger charge is -2.26. The molecule has 1 aliphatic rings. The van der Waals surface area contributed by atoms with Crippen molar-refractivity contribution in [3.8, 4) is 0 Å². The molecule has 2 heteroatoms. The lowest BCUT2D eigenvalue weighted by Crippen LogP contribution is -2.39. The fourth-order valence-corrected chi connectivity index (χ4v) is 1.18. The van der Waals surface area contributed by atoms with Crippen LogP contribution in [-0.2, 0) is 0 Å². The van der Waals surface area contributed by atoms with Gasteiger partial charge in [0.2, 0.25) is 0 Å². The van der Waals surface area contributed by atoms with Crippen LogP contribution in [0.2, 0.25) is 0 Å². The van der Waals surface area contributed by atoms with E-state index in [1.54, 1.807) is 0 Å². The predicted octanol–water partition coefficient (Wildman–Crippen LogP) is 0.904. The summed E-state index contributed by atoms with van der Waals surface area (Å²) in [5.41, 5.74) is 0. The second kappa shape index (κ2) is 5.33. The van der Waals surface area contributed by atoms with Gasteiger partial charge in [0.05, 0.1) is 0 Å². The molecule has 11 heavy (non-hydrogen) atoms. The summed E-state index contributed by atoms with van der Waals surface area (Å²) in [6.45, 7) is 6.71. The van der Waals surface area contributed by atoms with Crippen molar-refractivity contribution in [2.45, 2.75) is 25.3 Å². The Morgan fingerprint density at radius 3 is 2.73 bits per heavy atom. The van der Waals surface area contributed by atoms with E-state index in [-0.39, 0.29) is 0 Å². The molecule has 0 aromatic heterocycles. The quantitative estimate of drug-likeness (QED) is 0.439. The number of hydrogen-bond donors (Lipinski definition) is 2. The van der Waals surface area contributed by atoms with E-state index >= 15 is 0 Å². The molecule has 0 atom stereocenters. The van der Waals surface area contributed by atoms with Crippen molar-refractivity contribution in [3.05, 3.63) is 12.7 Å². The molecule has 64 valence electrons. The zero-order valence-electron chi connectivity index (χ0n) is 7.10. The molecule has 1 saturated carbocycles. The van der Waals surface area contributed by atoms with E-state index in [2.05, 4.69) is 17.2 Å². The Labute approximate surface area is 69.1 Å². The summed E-state index contributed by atoms with van der Waals surface area (Å²) in [5.74, 6) is 0. The molecular formula is C9H18N2. The smallest absolute Gasteiger partial charge is 0.0132 e. The highest BCUT2D eigenvalue weighted by Crippen LogP contribution is 2.17. The van der Waals surface area contributed by atoms with Gasteiger partial charge in [0.1, 0.15) is 0 Å². The molecule has 0 amide bonds. The molecule has 1 rings (SSSR count). The van der Waals surface area contributed by atoms with Gasteiger partial charge in [-0.2, -0.15) is 0 Å². The molecule has 1 fully saturated rings. The monoisotopic (exact) mass is 154 g/mol. The summed E-state index contributed by atoms with van der Waals surface area (Å²) in [6.07, 6.45) is 6.06. The van der Waals surface area contributed by atoms with Crippen LogP contribution in [0.1, 0.15) is 19.3 Å². The molecular weight excluding hydrogens is 136 g/mol. The third-order valence-electron chi connectivity index (χ3n) is 2.13. The summed E-state index contributed by atoms with van der Waals surface area (Å²) < 4.78 is 0. The fourth-order valence-electron chi connectivity index (χ4n) is 1.18. The Kier molecular flexibility index (Phi) is 4.24. The van der Waals surface area contributed by atoms with Crippen LogP contribution in [0, 0.1) is 0 Å². The second-order valence-electron chi connectivity index (χ2n) is 3.07. The highest BCUT2D eigenvalue weighted by atomic mass is 15.0. The number of nitrogens with one attached hydrogen (secondary N) is 2. The van der Waals surface area contributed by atoms with Crippen molar-refractivity contribution in [2.75, 3.05) is 19.6 Å². The van der Waals surface area contributed by atoms with Crippen LogP contribution in [0.4, 0.5) is 0 Å². The summed E-state index contributed by atoms with van der Waals surface area (Å²) in [7, 11) is 0. The summed E-state index contributed by atoms with van der Waals surface area (Å²) in [4.78, 5) is 0. The molecule has 0 radical (unpaired) electrons. The number of hydrogen-bond acceptors (Lipinski definition) is 2. The maximum atomic E-state index is 3.64. The molecule has 0 aliphatic heterocycles. The minimum absolute atomic E-state index is 0.820.